The molecule has 0 N–H and O–H groups in total. The number of carbonyl (C=O) groups excluding carboxylic acids is 2. The van der Waals surface area contributed by atoms with Crippen LogP contribution in [0.1, 0.15) is 37.3 Å². The number of piperidine rings is 1. The summed E-state index contributed by atoms with van der Waals surface area (Å²) in [6.45, 7) is 1.17. The lowest BCUT2D eigenvalue weighted by molar-refractivity contribution is -0.139. The van der Waals surface area contributed by atoms with Crippen molar-refractivity contribution in [2.75, 3.05) is 25.1 Å². The van der Waals surface area contributed by atoms with Gasteiger partial charge in [-0.25, -0.2) is 0 Å². The maximum atomic E-state index is 13.3. The van der Waals surface area contributed by atoms with Crippen molar-refractivity contribution in [1.29, 1.82) is 0 Å². The predicted molar refractivity (Wildman–Crippen MR) is 106 cm³/mol. The standard InChI is InChI=1S/C22H25N3O3/c1-28-19-9-7-18(8-10-19)25-15-17(13-21(25)26)22(27)24-12-3-2-6-20(24)16-5-4-11-23-14-16/h4-5,7-11,14,17,20H,2-3,6,12-13,15H2,1H3/t17?,20-/m1/s1. The van der Waals surface area contributed by atoms with Gasteiger partial charge in [-0.3, -0.25) is 14.6 Å². The molecular formula is C22H25N3O3. The van der Waals surface area contributed by atoms with Crippen LogP contribution in [0.15, 0.2) is 48.8 Å². The van der Waals surface area contributed by atoms with Gasteiger partial charge in [0.05, 0.1) is 19.1 Å². The van der Waals surface area contributed by atoms with E-state index >= 15 is 0 Å². The number of nitrogens with zero attached hydrogens (tertiary/aromatic N) is 3. The van der Waals surface area contributed by atoms with Crippen molar-refractivity contribution < 1.29 is 14.3 Å². The Morgan fingerprint density at radius 2 is 2.00 bits per heavy atom. The van der Waals surface area contributed by atoms with Gasteiger partial charge in [-0.2, -0.15) is 0 Å². The van der Waals surface area contributed by atoms with E-state index in [9.17, 15) is 9.59 Å². The molecule has 2 aliphatic heterocycles. The summed E-state index contributed by atoms with van der Waals surface area (Å²) in [4.78, 5) is 33.8. The van der Waals surface area contributed by atoms with E-state index in [4.69, 9.17) is 4.74 Å². The van der Waals surface area contributed by atoms with E-state index in [-0.39, 0.29) is 30.2 Å². The minimum absolute atomic E-state index is 0.00143. The monoisotopic (exact) mass is 379 g/mol. The van der Waals surface area contributed by atoms with Gasteiger partial charge in [0.2, 0.25) is 11.8 Å². The number of likely N-dealkylation sites (tertiary alicyclic amines) is 1. The molecule has 146 valence electrons. The highest BCUT2D eigenvalue weighted by molar-refractivity contribution is 6.00. The summed E-state index contributed by atoms with van der Waals surface area (Å²) in [6.07, 6.45) is 6.91. The second-order valence-electron chi connectivity index (χ2n) is 7.43. The summed E-state index contributed by atoms with van der Waals surface area (Å²) in [7, 11) is 1.61. The van der Waals surface area contributed by atoms with Gasteiger partial charge in [-0.1, -0.05) is 6.07 Å². The zero-order chi connectivity index (χ0) is 19.5. The van der Waals surface area contributed by atoms with Crippen molar-refractivity contribution in [3.63, 3.8) is 0 Å². The second kappa shape index (κ2) is 8.00. The van der Waals surface area contributed by atoms with E-state index in [1.54, 1.807) is 18.2 Å². The third-order valence-corrected chi connectivity index (χ3v) is 5.71. The molecule has 28 heavy (non-hydrogen) atoms. The van der Waals surface area contributed by atoms with Crippen LogP contribution in [0.3, 0.4) is 0 Å². The van der Waals surface area contributed by atoms with Crippen LogP contribution in [0.4, 0.5) is 5.69 Å². The van der Waals surface area contributed by atoms with Crippen LogP contribution >= 0.6 is 0 Å². The number of pyridine rings is 1. The lowest BCUT2D eigenvalue weighted by Gasteiger charge is -2.37. The third-order valence-electron chi connectivity index (χ3n) is 5.71. The number of rotatable bonds is 4. The van der Waals surface area contributed by atoms with Gasteiger partial charge in [0.15, 0.2) is 0 Å². The van der Waals surface area contributed by atoms with E-state index in [0.29, 0.717) is 6.54 Å². The van der Waals surface area contributed by atoms with Crippen molar-refractivity contribution in [3.8, 4) is 5.75 Å². The molecule has 0 aliphatic carbocycles. The Morgan fingerprint density at radius 3 is 2.71 bits per heavy atom. The Balaban J connectivity index is 1.50. The summed E-state index contributed by atoms with van der Waals surface area (Å²) in [5.74, 6) is 0.527. The van der Waals surface area contributed by atoms with E-state index in [1.807, 2.05) is 47.5 Å². The highest BCUT2D eigenvalue weighted by Gasteiger charge is 2.39. The highest BCUT2D eigenvalue weighted by atomic mass is 16.5. The second-order valence-corrected chi connectivity index (χ2v) is 7.43. The fourth-order valence-corrected chi connectivity index (χ4v) is 4.23. The van der Waals surface area contributed by atoms with E-state index in [2.05, 4.69) is 4.98 Å². The van der Waals surface area contributed by atoms with Crippen molar-refractivity contribution >= 4 is 17.5 Å². The number of carbonyl (C=O) groups is 2. The number of ether oxygens (including phenoxy) is 1. The number of aromatic nitrogens is 1. The lowest BCUT2D eigenvalue weighted by Crippen LogP contribution is -2.42. The summed E-state index contributed by atoms with van der Waals surface area (Å²) >= 11 is 0. The van der Waals surface area contributed by atoms with Crippen LogP contribution < -0.4 is 9.64 Å². The van der Waals surface area contributed by atoms with Crippen molar-refractivity contribution in [1.82, 2.24) is 9.88 Å². The first kappa shape index (κ1) is 18.5. The summed E-state index contributed by atoms with van der Waals surface area (Å²) in [5, 5.41) is 0. The first-order valence-corrected chi connectivity index (χ1v) is 9.82. The zero-order valence-corrected chi connectivity index (χ0v) is 16.1. The number of anilines is 1. The molecule has 0 spiro atoms. The molecular weight excluding hydrogens is 354 g/mol. The van der Waals surface area contributed by atoms with E-state index in [1.165, 1.54) is 0 Å². The molecule has 3 heterocycles. The molecule has 2 aliphatic rings. The maximum Gasteiger partial charge on any atom is 0.228 e. The van der Waals surface area contributed by atoms with Crippen molar-refractivity contribution in [3.05, 3.63) is 54.4 Å². The van der Waals surface area contributed by atoms with Crippen molar-refractivity contribution in [2.45, 2.75) is 31.7 Å². The highest BCUT2D eigenvalue weighted by Crippen LogP contribution is 2.34. The van der Waals surface area contributed by atoms with Crippen LogP contribution in [0.2, 0.25) is 0 Å². The lowest BCUT2D eigenvalue weighted by atomic mass is 9.94. The van der Waals surface area contributed by atoms with E-state index in [0.717, 1.165) is 42.8 Å². The molecule has 4 rings (SSSR count). The quantitative estimate of drug-likeness (QED) is 0.818. The van der Waals surface area contributed by atoms with Crippen LogP contribution in [0.25, 0.3) is 0 Å². The Morgan fingerprint density at radius 1 is 1.18 bits per heavy atom. The zero-order valence-electron chi connectivity index (χ0n) is 16.1. The number of hydrogen-bond acceptors (Lipinski definition) is 4. The minimum atomic E-state index is -0.299. The average Bonchev–Trinajstić information content (AvgIpc) is 3.15. The van der Waals surface area contributed by atoms with Crippen LogP contribution in [-0.2, 0) is 9.59 Å². The normalized spacial score (nSPS) is 22.4. The SMILES string of the molecule is COc1ccc(N2CC(C(=O)N3CCCC[C@@H]3c3cccnc3)CC2=O)cc1. The molecule has 0 radical (unpaired) electrons. The molecule has 2 amide bonds. The Labute approximate surface area is 165 Å². The Hall–Kier alpha value is -2.89. The smallest absolute Gasteiger partial charge is 0.228 e. The number of amides is 2. The van der Waals surface area contributed by atoms with Gasteiger partial charge < -0.3 is 14.5 Å². The number of methoxy groups -OCH3 is 1. The summed E-state index contributed by atoms with van der Waals surface area (Å²) < 4.78 is 5.18. The van der Waals surface area contributed by atoms with Gasteiger partial charge in [0, 0.05) is 37.6 Å². The maximum absolute atomic E-state index is 13.3. The topological polar surface area (TPSA) is 62.7 Å². The first-order valence-electron chi connectivity index (χ1n) is 9.82. The minimum Gasteiger partial charge on any atom is -0.497 e. The van der Waals surface area contributed by atoms with Crippen LogP contribution in [-0.4, -0.2) is 41.9 Å². The van der Waals surface area contributed by atoms with Crippen LogP contribution in [0, 0.1) is 5.92 Å². The van der Waals surface area contributed by atoms with E-state index < -0.39 is 0 Å². The molecule has 0 saturated carbocycles. The molecule has 1 aromatic carbocycles. The largest absolute Gasteiger partial charge is 0.497 e. The molecule has 6 heteroatoms. The van der Waals surface area contributed by atoms with Crippen molar-refractivity contribution in [2.24, 2.45) is 5.92 Å². The first-order chi connectivity index (χ1) is 13.7. The molecule has 2 fully saturated rings. The predicted octanol–water partition coefficient (Wildman–Crippen LogP) is 3.20. The third kappa shape index (κ3) is 3.59. The molecule has 6 nitrogen and oxygen atoms in total. The van der Waals surface area contributed by atoms with Gasteiger partial charge in [0.1, 0.15) is 5.75 Å². The van der Waals surface area contributed by atoms with Gasteiger partial charge in [-0.15, -0.1) is 0 Å². The molecule has 2 aromatic rings. The Kier molecular flexibility index (Phi) is 5.28. The summed E-state index contributed by atoms with van der Waals surface area (Å²) in [5.41, 5.74) is 1.88. The van der Waals surface area contributed by atoms with Gasteiger partial charge in [-0.05, 0) is 55.2 Å². The molecule has 0 bridgehead atoms. The fourth-order valence-electron chi connectivity index (χ4n) is 4.23. The van der Waals surface area contributed by atoms with Gasteiger partial charge >= 0.3 is 0 Å². The molecule has 1 aromatic heterocycles. The number of hydrogen-bond donors (Lipinski definition) is 0. The average molecular weight is 379 g/mol. The Bertz CT molecular complexity index is 838. The molecule has 2 saturated heterocycles. The number of benzene rings is 1. The summed E-state index contributed by atoms with van der Waals surface area (Å²) in [6, 6.07) is 11.4. The fraction of sp³-hybridized carbons (Fsp3) is 0.409. The molecule has 2 atom stereocenters. The molecule has 1 unspecified atom stereocenters. The van der Waals surface area contributed by atoms with Crippen LogP contribution in [0.5, 0.6) is 5.75 Å². The van der Waals surface area contributed by atoms with Gasteiger partial charge in [0.25, 0.3) is 0 Å².